The lowest BCUT2D eigenvalue weighted by Gasteiger charge is -2.10. The molecule has 0 atom stereocenters. The highest BCUT2D eigenvalue weighted by atomic mass is 16.5. The van der Waals surface area contributed by atoms with Crippen LogP contribution in [0.3, 0.4) is 0 Å². The monoisotopic (exact) mass is 322 g/mol. The molecular formula is C19H18N2O3. The maximum absolute atomic E-state index is 11.6. The molecule has 122 valence electrons. The van der Waals surface area contributed by atoms with Crippen LogP contribution in [0, 0.1) is 6.92 Å². The number of esters is 1. The zero-order valence-corrected chi connectivity index (χ0v) is 13.6. The van der Waals surface area contributed by atoms with Crippen molar-refractivity contribution in [3.05, 3.63) is 65.2 Å². The van der Waals surface area contributed by atoms with E-state index in [9.17, 15) is 4.79 Å². The Balaban J connectivity index is 1.87. The van der Waals surface area contributed by atoms with Crippen LogP contribution in [0.2, 0.25) is 0 Å². The van der Waals surface area contributed by atoms with E-state index in [-0.39, 0.29) is 0 Å². The zero-order chi connectivity index (χ0) is 17.1. The highest BCUT2D eigenvalue weighted by molar-refractivity contribution is 5.95. The first-order valence-electron chi connectivity index (χ1n) is 7.54. The van der Waals surface area contributed by atoms with Gasteiger partial charge in [0.2, 0.25) is 0 Å². The number of nitrogens with zero attached hydrogens (tertiary/aromatic N) is 1. The van der Waals surface area contributed by atoms with Crippen LogP contribution in [0.25, 0.3) is 10.9 Å². The Hall–Kier alpha value is -3.08. The zero-order valence-electron chi connectivity index (χ0n) is 13.6. The molecule has 2 N–H and O–H groups in total. The van der Waals surface area contributed by atoms with Crippen molar-refractivity contribution in [2.24, 2.45) is 0 Å². The number of nitrogen functional groups attached to an aromatic ring is 1. The van der Waals surface area contributed by atoms with E-state index in [4.69, 9.17) is 15.2 Å². The summed E-state index contributed by atoms with van der Waals surface area (Å²) in [6, 6.07) is 15.0. The third-order valence-corrected chi connectivity index (χ3v) is 3.74. The van der Waals surface area contributed by atoms with E-state index in [0.29, 0.717) is 29.3 Å². The van der Waals surface area contributed by atoms with Gasteiger partial charge in [-0.25, -0.2) is 9.78 Å². The predicted molar refractivity (Wildman–Crippen MR) is 93.0 cm³/mol. The summed E-state index contributed by atoms with van der Waals surface area (Å²) in [5, 5.41) is 0.769. The molecule has 0 amide bonds. The van der Waals surface area contributed by atoms with Gasteiger partial charge in [0.15, 0.2) is 11.6 Å². The summed E-state index contributed by atoms with van der Waals surface area (Å²) in [6.07, 6.45) is 0. The lowest BCUT2D eigenvalue weighted by Crippen LogP contribution is -2.03. The third kappa shape index (κ3) is 3.30. The molecule has 5 nitrogen and oxygen atoms in total. The normalized spacial score (nSPS) is 10.6. The van der Waals surface area contributed by atoms with Crippen molar-refractivity contribution in [2.75, 3.05) is 12.8 Å². The first kappa shape index (κ1) is 15.8. The number of fused-ring (bicyclic) bond motifs is 1. The second-order valence-electron chi connectivity index (χ2n) is 5.55. The fraction of sp³-hybridized carbons (Fsp3) is 0.158. The number of carbonyl (C=O) groups excluding carboxylic acids is 1. The minimum absolute atomic E-state index is 0.320. The number of methoxy groups -OCH3 is 1. The molecule has 0 aliphatic carbocycles. The van der Waals surface area contributed by atoms with Gasteiger partial charge >= 0.3 is 5.97 Å². The van der Waals surface area contributed by atoms with E-state index < -0.39 is 5.97 Å². The molecule has 2 aromatic carbocycles. The van der Waals surface area contributed by atoms with E-state index in [0.717, 1.165) is 10.9 Å². The number of anilines is 1. The predicted octanol–water partition coefficient (Wildman–Crippen LogP) is 3.49. The summed E-state index contributed by atoms with van der Waals surface area (Å²) < 4.78 is 10.5. The van der Waals surface area contributed by atoms with Crippen LogP contribution in [-0.2, 0) is 11.3 Å². The Bertz CT molecular complexity index is 889. The van der Waals surface area contributed by atoms with Gasteiger partial charge in [-0.1, -0.05) is 29.8 Å². The van der Waals surface area contributed by atoms with E-state index in [2.05, 4.69) is 4.98 Å². The number of carbonyl (C=O) groups is 1. The first-order valence-corrected chi connectivity index (χ1v) is 7.54. The Morgan fingerprint density at radius 1 is 1.12 bits per heavy atom. The van der Waals surface area contributed by atoms with E-state index in [1.807, 2.05) is 31.2 Å². The summed E-state index contributed by atoms with van der Waals surface area (Å²) in [6.45, 7) is 2.43. The number of aryl methyl sites for hydroxylation is 1. The van der Waals surface area contributed by atoms with Crippen molar-refractivity contribution in [3.8, 4) is 5.75 Å². The average molecular weight is 322 g/mol. The lowest BCUT2D eigenvalue weighted by atomic mass is 10.1. The smallest absolute Gasteiger partial charge is 0.337 e. The molecule has 0 saturated heterocycles. The molecule has 0 fully saturated rings. The molecule has 0 saturated carbocycles. The summed E-state index contributed by atoms with van der Waals surface area (Å²) in [7, 11) is 1.35. The minimum atomic E-state index is -0.393. The fourth-order valence-electron chi connectivity index (χ4n) is 2.38. The molecule has 0 aliphatic rings. The maximum Gasteiger partial charge on any atom is 0.337 e. The van der Waals surface area contributed by atoms with Crippen LogP contribution in [0.15, 0.2) is 48.5 Å². The second kappa shape index (κ2) is 6.58. The molecule has 0 unspecified atom stereocenters. The highest BCUT2D eigenvalue weighted by Crippen LogP contribution is 2.26. The molecular weight excluding hydrogens is 304 g/mol. The van der Waals surface area contributed by atoms with Gasteiger partial charge in [0, 0.05) is 5.39 Å². The molecule has 1 heterocycles. The van der Waals surface area contributed by atoms with Gasteiger partial charge in [-0.3, -0.25) is 0 Å². The van der Waals surface area contributed by atoms with Crippen molar-refractivity contribution in [3.63, 3.8) is 0 Å². The number of aromatic nitrogens is 1. The van der Waals surface area contributed by atoms with Crippen molar-refractivity contribution in [1.29, 1.82) is 0 Å². The van der Waals surface area contributed by atoms with E-state index in [1.54, 1.807) is 24.3 Å². The molecule has 1 aromatic heterocycles. The van der Waals surface area contributed by atoms with Gasteiger partial charge in [0.25, 0.3) is 0 Å². The molecule has 24 heavy (non-hydrogen) atoms. The molecule has 0 aliphatic heterocycles. The molecule has 0 spiro atoms. The summed E-state index contributed by atoms with van der Waals surface area (Å²) in [5.74, 6) is 0.418. The van der Waals surface area contributed by atoms with Crippen molar-refractivity contribution in [1.82, 2.24) is 4.98 Å². The second-order valence-corrected chi connectivity index (χ2v) is 5.55. The van der Waals surface area contributed by atoms with Crippen molar-refractivity contribution in [2.45, 2.75) is 13.5 Å². The quantitative estimate of drug-likeness (QED) is 0.744. The Morgan fingerprint density at radius 2 is 1.88 bits per heavy atom. The summed E-state index contributed by atoms with van der Waals surface area (Å²) in [4.78, 5) is 16.0. The summed E-state index contributed by atoms with van der Waals surface area (Å²) in [5.41, 5.74) is 9.37. The van der Waals surface area contributed by atoms with Crippen LogP contribution in [0.4, 0.5) is 5.82 Å². The van der Waals surface area contributed by atoms with Crippen LogP contribution in [-0.4, -0.2) is 18.1 Å². The molecule has 0 bridgehead atoms. The van der Waals surface area contributed by atoms with Crippen LogP contribution < -0.4 is 10.5 Å². The highest BCUT2D eigenvalue weighted by Gasteiger charge is 2.10. The van der Waals surface area contributed by atoms with Gasteiger partial charge in [-0.05, 0) is 36.8 Å². The first-order chi connectivity index (χ1) is 11.6. The van der Waals surface area contributed by atoms with Crippen LogP contribution in [0.1, 0.15) is 21.5 Å². The number of hydrogen-bond acceptors (Lipinski definition) is 5. The number of pyridine rings is 1. The number of hydrogen-bond donors (Lipinski definition) is 1. The van der Waals surface area contributed by atoms with E-state index >= 15 is 0 Å². The lowest BCUT2D eigenvalue weighted by molar-refractivity contribution is 0.0601. The summed E-state index contributed by atoms with van der Waals surface area (Å²) >= 11 is 0. The molecule has 3 aromatic rings. The van der Waals surface area contributed by atoms with Crippen LogP contribution >= 0.6 is 0 Å². The SMILES string of the molecule is COC(=O)c1ccc2nc(N)c(OCc3ccc(C)cc3)cc2c1. The average Bonchev–Trinajstić information content (AvgIpc) is 2.60. The molecule has 3 rings (SSSR count). The Morgan fingerprint density at radius 3 is 2.58 bits per heavy atom. The molecule has 5 heteroatoms. The van der Waals surface area contributed by atoms with Crippen molar-refractivity contribution >= 4 is 22.7 Å². The fourth-order valence-corrected chi connectivity index (χ4v) is 2.38. The Labute approximate surface area is 140 Å². The maximum atomic E-state index is 11.6. The number of ether oxygens (including phenoxy) is 2. The number of nitrogens with two attached hydrogens (primary N) is 1. The molecule has 0 radical (unpaired) electrons. The standard InChI is InChI=1S/C19H18N2O3/c1-12-3-5-13(6-4-12)11-24-17-10-15-9-14(19(22)23-2)7-8-16(15)21-18(17)20/h3-10H,11H2,1-2H3,(H2,20,21). The number of rotatable bonds is 4. The van der Waals surface area contributed by atoms with Gasteiger partial charge in [0.05, 0.1) is 18.2 Å². The van der Waals surface area contributed by atoms with Gasteiger partial charge < -0.3 is 15.2 Å². The number of benzene rings is 2. The van der Waals surface area contributed by atoms with E-state index in [1.165, 1.54) is 12.7 Å². The van der Waals surface area contributed by atoms with Gasteiger partial charge in [-0.2, -0.15) is 0 Å². The minimum Gasteiger partial charge on any atom is -0.485 e. The topological polar surface area (TPSA) is 74.4 Å². The third-order valence-electron chi connectivity index (χ3n) is 3.74. The van der Waals surface area contributed by atoms with Gasteiger partial charge in [0.1, 0.15) is 6.61 Å². The van der Waals surface area contributed by atoms with Crippen LogP contribution in [0.5, 0.6) is 5.75 Å². The largest absolute Gasteiger partial charge is 0.485 e. The van der Waals surface area contributed by atoms with Gasteiger partial charge in [-0.15, -0.1) is 0 Å². The van der Waals surface area contributed by atoms with Crippen molar-refractivity contribution < 1.29 is 14.3 Å². The Kier molecular flexibility index (Phi) is 4.33.